The van der Waals surface area contributed by atoms with E-state index in [0.29, 0.717) is 11.1 Å². The lowest BCUT2D eigenvalue weighted by atomic mass is 10.0. The van der Waals surface area contributed by atoms with Gasteiger partial charge < -0.3 is 0 Å². The maximum atomic E-state index is 11.2. The molecule has 0 saturated heterocycles. The molecule has 0 atom stereocenters. The van der Waals surface area contributed by atoms with Gasteiger partial charge in [-0.2, -0.15) is 0 Å². The van der Waals surface area contributed by atoms with E-state index in [4.69, 9.17) is 5.14 Å². The normalized spacial score (nSPS) is 11.5. The third-order valence-corrected chi connectivity index (χ3v) is 3.55. The number of nitrogens with zero attached hydrogens (tertiary/aromatic N) is 1. The molecule has 1 rings (SSSR count). The van der Waals surface area contributed by atoms with E-state index in [1.165, 1.54) is 13.0 Å². The van der Waals surface area contributed by atoms with Crippen LogP contribution in [0.4, 0.5) is 5.69 Å². The number of primary sulfonamides is 1. The molecule has 7 heteroatoms. The van der Waals surface area contributed by atoms with Crippen LogP contribution in [-0.2, 0) is 10.0 Å². The summed E-state index contributed by atoms with van der Waals surface area (Å²) in [6.07, 6.45) is 0. The maximum Gasteiger partial charge on any atom is 0.276 e. The van der Waals surface area contributed by atoms with Gasteiger partial charge in [0, 0.05) is 11.1 Å². The Morgan fingerprint density at radius 1 is 1.25 bits per heavy atom. The van der Waals surface area contributed by atoms with E-state index in [0.717, 1.165) is 0 Å². The van der Waals surface area contributed by atoms with Gasteiger partial charge in [0.05, 0.1) is 9.82 Å². The summed E-state index contributed by atoms with van der Waals surface area (Å²) < 4.78 is 22.5. The van der Waals surface area contributed by atoms with E-state index in [9.17, 15) is 18.5 Å². The van der Waals surface area contributed by atoms with E-state index in [1.807, 2.05) is 0 Å². The van der Waals surface area contributed by atoms with Gasteiger partial charge in [0.15, 0.2) is 0 Å². The van der Waals surface area contributed by atoms with Gasteiger partial charge in [-0.15, -0.1) is 0 Å². The average molecular weight is 244 g/mol. The molecular weight excluding hydrogens is 232 g/mol. The first-order valence-electron chi connectivity index (χ1n) is 4.44. The number of sulfonamides is 1. The van der Waals surface area contributed by atoms with Crippen LogP contribution in [-0.4, -0.2) is 13.3 Å². The molecule has 1 aromatic carbocycles. The highest BCUT2D eigenvalue weighted by Crippen LogP contribution is 2.30. The SMILES string of the molecule is Cc1cc(S(N)(=O)=O)c(C)c([N+](=O)[O-])c1C. The minimum atomic E-state index is -3.93. The van der Waals surface area contributed by atoms with Crippen LogP contribution < -0.4 is 5.14 Å². The largest absolute Gasteiger partial charge is 0.276 e. The summed E-state index contributed by atoms with van der Waals surface area (Å²) in [6.45, 7) is 4.56. The van der Waals surface area contributed by atoms with Crippen LogP contribution in [0.5, 0.6) is 0 Å². The fraction of sp³-hybridized carbons (Fsp3) is 0.333. The number of hydrogen-bond donors (Lipinski definition) is 1. The number of nitro groups is 1. The maximum absolute atomic E-state index is 11.2. The second-order valence-corrected chi connectivity index (χ2v) is 5.12. The highest BCUT2D eigenvalue weighted by molar-refractivity contribution is 7.89. The minimum Gasteiger partial charge on any atom is -0.258 e. The monoisotopic (exact) mass is 244 g/mol. The summed E-state index contributed by atoms with van der Waals surface area (Å²) in [5.74, 6) is 0. The molecule has 2 N–H and O–H groups in total. The van der Waals surface area contributed by atoms with Crippen LogP contribution in [0.2, 0.25) is 0 Å². The summed E-state index contributed by atoms with van der Waals surface area (Å²) in [4.78, 5) is 10.1. The van der Waals surface area contributed by atoms with Crippen LogP contribution >= 0.6 is 0 Å². The molecule has 88 valence electrons. The van der Waals surface area contributed by atoms with Gasteiger partial charge in [-0.05, 0) is 32.4 Å². The van der Waals surface area contributed by atoms with Gasteiger partial charge in [0.25, 0.3) is 5.69 Å². The van der Waals surface area contributed by atoms with E-state index >= 15 is 0 Å². The number of hydrogen-bond acceptors (Lipinski definition) is 4. The lowest BCUT2D eigenvalue weighted by Gasteiger charge is -2.09. The smallest absolute Gasteiger partial charge is 0.258 e. The number of aryl methyl sites for hydroxylation is 1. The highest BCUT2D eigenvalue weighted by atomic mass is 32.2. The van der Waals surface area contributed by atoms with Crippen LogP contribution in [0, 0.1) is 30.9 Å². The standard InChI is InChI=1S/C9H12N2O4S/c1-5-4-8(16(10,14)15)7(3)9(6(5)2)11(12)13/h4H,1-3H3,(H2,10,14,15). The van der Waals surface area contributed by atoms with Crippen LogP contribution in [0.15, 0.2) is 11.0 Å². The van der Waals surface area contributed by atoms with Crippen molar-refractivity contribution in [3.05, 3.63) is 32.9 Å². The zero-order valence-electron chi connectivity index (χ0n) is 9.14. The Morgan fingerprint density at radius 2 is 1.75 bits per heavy atom. The van der Waals surface area contributed by atoms with Crippen molar-refractivity contribution in [2.24, 2.45) is 5.14 Å². The fourth-order valence-corrected chi connectivity index (χ4v) is 2.43. The quantitative estimate of drug-likeness (QED) is 0.622. The lowest BCUT2D eigenvalue weighted by molar-refractivity contribution is -0.386. The zero-order valence-corrected chi connectivity index (χ0v) is 9.96. The molecule has 0 aliphatic heterocycles. The van der Waals surface area contributed by atoms with Crippen LogP contribution in [0.25, 0.3) is 0 Å². The predicted molar refractivity (Wildman–Crippen MR) is 58.7 cm³/mol. The van der Waals surface area contributed by atoms with Gasteiger partial charge in [-0.3, -0.25) is 10.1 Å². The van der Waals surface area contributed by atoms with Crippen molar-refractivity contribution in [2.75, 3.05) is 0 Å². The second kappa shape index (κ2) is 3.84. The Morgan fingerprint density at radius 3 is 2.12 bits per heavy atom. The number of benzene rings is 1. The molecule has 0 radical (unpaired) electrons. The van der Waals surface area contributed by atoms with E-state index < -0.39 is 14.9 Å². The summed E-state index contributed by atoms with van der Waals surface area (Å²) >= 11 is 0. The second-order valence-electron chi connectivity index (χ2n) is 3.59. The van der Waals surface area contributed by atoms with E-state index in [2.05, 4.69) is 0 Å². The molecule has 0 aliphatic rings. The van der Waals surface area contributed by atoms with Crippen molar-refractivity contribution in [2.45, 2.75) is 25.7 Å². The Labute approximate surface area is 93.3 Å². The first-order chi connectivity index (χ1) is 7.16. The zero-order chi connectivity index (χ0) is 12.7. The molecule has 0 aromatic heterocycles. The summed E-state index contributed by atoms with van der Waals surface area (Å²) in [7, 11) is -3.93. The first kappa shape index (κ1) is 12.6. The Bertz CT molecular complexity index is 563. The van der Waals surface area contributed by atoms with E-state index in [-0.39, 0.29) is 16.1 Å². The van der Waals surface area contributed by atoms with Crippen molar-refractivity contribution >= 4 is 15.7 Å². The van der Waals surface area contributed by atoms with Crippen molar-refractivity contribution in [3.8, 4) is 0 Å². The molecule has 6 nitrogen and oxygen atoms in total. The topological polar surface area (TPSA) is 103 Å². The minimum absolute atomic E-state index is 0.0793. The van der Waals surface area contributed by atoms with E-state index in [1.54, 1.807) is 13.8 Å². The summed E-state index contributed by atoms with van der Waals surface area (Å²) in [5, 5.41) is 15.8. The van der Waals surface area contributed by atoms with Crippen LogP contribution in [0.1, 0.15) is 16.7 Å². The van der Waals surface area contributed by atoms with Gasteiger partial charge in [0.2, 0.25) is 10.0 Å². The molecule has 1 aromatic rings. The molecule has 0 heterocycles. The molecule has 0 spiro atoms. The summed E-state index contributed by atoms with van der Waals surface area (Å²) in [5.41, 5.74) is 0.871. The number of nitrogens with two attached hydrogens (primary N) is 1. The Hall–Kier alpha value is -1.47. The van der Waals surface area contributed by atoms with Gasteiger partial charge in [0.1, 0.15) is 0 Å². The molecule has 0 amide bonds. The number of nitro benzene ring substituents is 1. The van der Waals surface area contributed by atoms with Gasteiger partial charge in [-0.25, -0.2) is 13.6 Å². The van der Waals surface area contributed by atoms with Crippen LogP contribution in [0.3, 0.4) is 0 Å². The van der Waals surface area contributed by atoms with Crippen molar-refractivity contribution in [1.82, 2.24) is 0 Å². The van der Waals surface area contributed by atoms with Crippen molar-refractivity contribution in [3.63, 3.8) is 0 Å². The summed E-state index contributed by atoms with van der Waals surface area (Å²) in [6, 6.07) is 1.35. The fourth-order valence-electron chi connectivity index (χ4n) is 1.57. The van der Waals surface area contributed by atoms with Crippen molar-refractivity contribution in [1.29, 1.82) is 0 Å². The highest BCUT2D eigenvalue weighted by Gasteiger charge is 2.24. The average Bonchev–Trinajstić information content (AvgIpc) is 2.09. The molecule has 16 heavy (non-hydrogen) atoms. The van der Waals surface area contributed by atoms with Gasteiger partial charge >= 0.3 is 0 Å². The molecule has 0 saturated carbocycles. The third-order valence-electron chi connectivity index (χ3n) is 2.51. The molecule has 0 bridgehead atoms. The van der Waals surface area contributed by atoms with Crippen molar-refractivity contribution < 1.29 is 13.3 Å². The number of rotatable bonds is 2. The molecule has 0 aliphatic carbocycles. The predicted octanol–water partition coefficient (Wildman–Crippen LogP) is 1.17. The lowest BCUT2D eigenvalue weighted by Crippen LogP contribution is -2.15. The molecule has 0 unspecified atom stereocenters. The third kappa shape index (κ3) is 2.05. The molecular formula is C9H12N2O4S. The Kier molecular flexibility index (Phi) is 3.02. The van der Waals surface area contributed by atoms with Gasteiger partial charge in [-0.1, -0.05) is 0 Å². The molecule has 0 fully saturated rings. The first-order valence-corrected chi connectivity index (χ1v) is 5.99. The Balaban J connectivity index is 3.78.